The van der Waals surface area contributed by atoms with Crippen molar-refractivity contribution in [1.29, 1.82) is 0 Å². The minimum absolute atomic E-state index is 0.00395. The molecule has 5 nitrogen and oxygen atoms in total. The number of halogens is 2. The van der Waals surface area contributed by atoms with Crippen molar-refractivity contribution < 1.29 is 4.74 Å². The van der Waals surface area contributed by atoms with Gasteiger partial charge in [-0.3, -0.25) is 0 Å². The zero-order valence-corrected chi connectivity index (χ0v) is 11.2. The largest absolute Gasteiger partial charge is 0.423 e. The SMILES string of the molecule is Cc1ccc(Oc2nc(N)nc(Cl)n2)c(Br)c1. The molecule has 0 fully saturated rings. The van der Waals surface area contributed by atoms with Crippen LogP contribution in [0.4, 0.5) is 5.95 Å². The van der Waals surface area contributed by atoms with Gasteiger partial charge in [0, 0.05) is 0 Å². The van der Waals surface area contributed by atoms with Gasteiger partial charge in [-0.2, -0.15) is 15.0 Å². The van der Waals surface area contributed by atoms with Crippen molar-refractivity contribution in [3.8, 4) is 11.8 Å². The molecule has 2 N–H and O–H groups in total. The number of aryl methyl sites for hydroxylation is 1. The maximum atomic E-state index is 5.65. The highest BCUT2D eigenvalue weighted by Crippen LogP contribution is 2.29. The predicted molar refractivity (Wildman–Crippen MR) is 68.2 cm³/mol. The van der Waals surface area contributed by atoms with Crippen LogP contribution in [0, 0.1) is 6.92 Å². The van der Waals surface area contributed by atoms with Gasteiger partial charge in [0.15, 0.2) is 0 Å². The molecule has 0 aliphatic heterocycles. The summed E-state index contributed by atoms with van der Waals surface area (Å²) in [5.74, 6) is 0.598. The van der Waals surface area contributed by atoms with E-state index in [9.17, 15) is 0 Å². The summed E-state index contributed by atoms with van der Waals surface area (Å²) < 4.78 is 6.25. The summed E-state index contributed by atoms with van der Waals surface area (Å²) in [4.78, 5) is 11.3. The molecule has 0 aliphatic rings. The van der Waals surface area contributed by atoms with Gasteiger partial charge in [-0.05, 0) is 52.2 Å². The number of aromatic nitrogens is 3. The molecule has 7 heteroatoms. The van der Waals surface area contributed by atoms with E-state index in [2.05, 4.69) is 30.9 Å². The number of hydrogen-bond donors (Lipinski definition) is 1. The summed E-state index contributed by atoms with van der Waals surface area (Å²) in [5, 5.41) is -0.00395. The molecule has 0 saturated heterocycles. The number of nitrogen functional groups attached to an aromatic ring is 1. The van der Waals surface area contributed by atoms with Crippen LogP contribution in [0.15, 0.2) is 22.7 Å². The van der Waals surface area contributed by atoms with Gasteiger partial charge in [-0.15, -0.1) is 0 Å². The minimum atomic E-state index is -0.00395. The molecule has 2 aromatic rings. The third-order valence-electron chi connectivity index (χ3n) is 1.89. The van der Waals surface area contributed by atoms with E-state index in [4.69, 9.17) is 22.1 Å². The molecule has 0 aliphatic carbocycles. The first-order chi connectivity index (χ1) is 8.04. The van der Waals surface area contributed by atoms with Crippen LogP contribution in [0.3, 0.4) is 0 Å². The van der Waals surface area contributed by atoms with Gasteiger partial charge < -0.3 is 10.5 Å². The Morgan fingerprint density at radius 3 is 2.71 bits per heavy atom. The molecule has 0 amide bonds. The smallest absolute Gasteiger partial charge is 0.328 e. The van der Waals surface area contributed by atoms with Crippen LogP contribution < -0.4 is 10.5 Å². The van der Waals surface area contributed by atoms with Gasteiger partial charge in [0.2, 0.25) is 11.2 Å². The zero-order valence-electron chi connectivity index (χ0n) is 8.82. The number of hydrogen-bond acceptors (Lipinski definition) is 5. The van der Waals surface area contributed by atoms with Crippen LogP contribution >= 0.6 is 27.5 Å². The van der Waals surface area contributed by atoms with Crippen molar-refractivity contribution in [2.75, 3.05) is 5.73 Å². The van der Waals surface area contributed by atoms with Gasteiger partial charge in [-0.1, -0.05) is 6.07 Å². The van der Waals surface area contributed by atoms with Crippen molar-refractivity contribution in [2.45, 2.75) is 6.92 Å². The number of nitrogens with two attached hydrogens (primary N) is 1. The van der Waals surface area contributed by atoms with Crippen LogP contribution in [-0.2, 0) is 0 Å². The van der Waals surface area contributed by atoms with Crippen LogP contribution in [0.5, 0.6) is 11.8 Å². The average molecular weight is 316 g/mol. The molecule has 17 heavy (non-hydrogen) atoms. The van der Waals surface area contributed by atoms with E-state index in [0.29, 0.717) is 5.75 Å². The van der Waals surface area contributed by atoms with Gasteiger partial charge in [-0.25, -0.2) is 0 Å². The Morgan fingerprint density at radius 1 is 1.29 bits per heavy atom. The van der Waals surface area contributed by atoms with E-state index in [1.807, 2.05) is 19.1 Å². The highest BCUT2D eigenvalue weighted by Gasteiger charge is 2.07. The Morgan fingerprint density at radius 2 is 2.06 bits per heavy atom. The second kappa shape index (κ2) is 4.85. The lowest BCUT2D eigenvalue weighted by molar-refractivity contribution is 0.438. The standard InChI is InChI=1S/C10H8BrClN4O/c1-5-2-3-7(6(11)4-5)17-10-15-8(12)14-9(13)16-10/h2-4H,1H3,(H2,13,14,15,16). The summed E-state index contributed by atoms with van der Waals surface area (Å²) in [6, 6.07) is 5.69. The monoisotopic (exact) mass is 314 g/mol. The second-order valence-electron chi connectivity index (χ2n) is 3.28. The fraction of sp³-hybridized carbons (Fsp3) is 0.100. The molecule has 1 heterocycles. The molecule has 0 radical (unpaired) electrons. The van der Waals surface area contributed by atoms with Crippen molar-refractivity contribution in [1.82, 2.24) is 15.0 Å². The number of anilines is 1. The predicted octanol–water partition coefficient (Wildman–Crippen LogP) is 2.97. The van der Waals surface area contributed by atoms with Crippen molar-refractivity contribution in [3.05, 3.63) is 33.5 Å². The Labute approximate surface area is 111 Å². The van der Waals surface area contributed by atoms with Gasteiger partial charge >= 0.3 is 6.01 Å². The fourth-order valence-electron chi connectivity index (χ4n) is 1.18. The lowest BCUT2D eigenvalue weighted by Crippen LogP contribution is -2.00. The molecule has 0 spiro atoms. The van der Waals surface area contributed by atoms with Crippen molar-refractivity contribution >= 4 is 33.5 Å². The lowest BCUT2D eigenvalue weighted by atomic mass is 10.2. The molecule has 1 aromatic carbocycles. The van der Waals surface area contributed by atoms with Gasteiger partial charge in [0.25, 0.3) is 0 Å². The molecule has 0 unspecified atom stereocenters. The highest BCUT2D eigenvalue weighted by atomic mass is 79.9. The summed E-state index contributed by atoms with van der Waals surface area (Å²) in [5.41, 5.74) is 6.55. The fourth-order valence-corrected chi connectivity index (χ4v) is 1.91. The van der Waals surface area contributed by atoms with E-state index in [1.165, 1.54) is 0 Å². The Bertz CT molecular complexity index is 544. The minimum Gasteiger partial charge on any atom is -0.423 e. The lowest BCUT2D eigenvalue weighted by Gasteiger charge is -2.06. The summed E-state index contributed by atoms with van der Waals surface area (Å²) >= 11 is 9.03. The number of nitrogens with zero attached hydrogens (tertiary/aromatic N) is 3. The maximum Gasteiger partial charge on any atom is 0.328 e. The van der Waals surface area contributed by atoms with E-state index >= 15 is 0 Å². The normalized spacial score (nSPS) is 10.3. The van der Waals surface area contributed by atoms with E-state index in [0.717, 1.165) is 10.0 Å². The first-order valence-electron chi connectivity index (χ1n) is 4.65. The first kappa shape index (κ1) is 12.1. The Hall–Kier alpha value is -1.40. The van der Waals surface area contributed by atoms with Crippen LogP contribution in [0.25, 0.3) is 0 Å². The first-order valence-corrected chi connectivity index (χ1v) is 5.83. The Balaban J connectivity index is 2.31. The van der Waals surface area contributed by atoms with E-state index in [1.54, 1.807) is 6.07 Å². The maximum absolute atomic E-state index is 5.65. The highest BCUT2D eigenvalue weighted by molar-refractivity contribution is 9.10. The van der Waals surface area contributed by atoms with Crippen LogP contribution in [0.2, 0.25) is 5.28 Å². The van der Waals surface area contributed by atoms with Gasteiger partial charge in [0.1, 0.15) is 5.75 Å². The number of benzene rings is 1. The summed E-state index contributed by atoms with van der Waals surface area (Å²) in [6.45, 7) is 1.98. The third-order valence-corrected chi connectivity index (χ3v) is 2.68. The second-order valence-corrected chi connectivity index (χ2v) is 4.47. The average Bonchev–Trinajstić information content (AvgIpc) is 2.21. The van der Waals surface area contributed by atoms with E-state index in [-0.39, 0.29) is 17.2 Å². The molecule has 2 rings (SSSR count). The van der Waals surface area contributed by atoms with Crippen molar-refractivity contribution in [3.63, 3.8) is 0 Å². The molecular formula is C10H8BrClN4O. The third kappa shape index (κ3) is 3.04. The molecule has 0 atom stereocenters. The Kier molecular flexibility index (Phi) is 3.44. The summed E-state index contributed by atoms with van der Waals surface area (Å²) in [7, 11) is 0. The molecule has 0 saturated carbocycles. The quantitative estimate of drug-likeness (QED) is 0.922. The summed E-state index contributed by atoms with van der Waals surface area (Å²) in [6.07, 6.45) is 0. The number of ether oxygens (including phenoxy) is 1. The topological polar surface area (TPSA) is 73.9 Å². The molecule has 0 bridgehead atoms. The van der Waals surface area contributed by atoms with Crippen LogP contribution in [0.1, 0.15) is 5.56 Å². The van der Waals surface area contributed by atoms with Crippen molar-refractivity contribution in [2.24, 2.45) is 0 Å². The molecule has 1 aromatic heterocycles. The molecule has 88 valence electrons. The number of rotatable bonds is 2. The van der Waals surface area contributed by atoms with Gasteiger partial charge in [0.05, 0.1) is 4.47 Å². The van der Waals surface area contributed by atoms with E-state index < -0.39 is 0 Å². The zero-order chi connectivity index (χ0) is 12.4. The van der Waals surface area contributed by atoms with Crippen LogP contribution in [-0.4, -0.2) is 15.0 Å². The molecular weight excluding hydrogens is 307 g/mol.